The smallest absolute Gasteiger partial charge is 0.290 e. The van der Waals surface area contributed by atoms with E-state index >= 15 is 0 Å². The van der Waals surface area contributed by atoms with E-state index in [4.69, 9.17) is 15.6 Å². The van der Waals surface area contributed by atoms with Crippen LogP contribution in [0.2, 0.25) is 0 Å². The third-order valence-corrected chi connectivity index (χ3v) is 2.29. The molecule has 0 saturated heterocycles. The van der Waals surface area contributed by atoms with Crippen molar-refractivity contribution in [3.05, 3.63) is 30.0 Å². The number of hydrogen-bond acceptors (Lipinski definition) is 4. The number of para-hydroxylation sites is 1. The minimum Gasteiger partial charge on any atom is -0.405 e. The molecule has 0 saturated carbocycles. The molecule has 1 heterocycles. The minimum absolute atomic E-state index is 0.0953. The van der Waals surface area contributed by atoms with Crippen LogP contribution in [-0.4, -0.2) is 41.1 Å². The molecule has 6 heteroatoms. The van der Waals surface area contributed by atoms with Crippen LogP contribution in [0.3, 0.4) is 0 Å². The van der Waals surface area contributed by atoms with E-state index < -0.39 is 0 Å². The molecule has 0 aliphatic carbocycles. The molecule has 0 bridgehead atoms. The summed E-state index contributed by atoms with van der Waals surface area (Å²) in [7, 11) is 3.36. The van der Waals surface area contributed by atoms with Crippen LogP contribution < -0.4 is 0 Å². The second kappa shape index (κ2) is 4.25. The van der Waals surface area contributed by atoms with Crippen LogP contribution in [-0.2, 0) is 4.74 Å². The minimum atomic E-state index is -0.138. The number of fused-ring (bicyclic) bond motifs is 1. The Morgan fingerprint density at radius 2 is 2.00 bits per heavy atom. The summed E-state index contributed by atoms with van der Waals surface area (Å²) >= 11 is 0. The number of nitrogens with zero attached hydrogens (tertiary/aromatic N) is 2. The number of nitrogens with one attached hydrogen (secondary N) is 3. The fourth-order valence-corrected chi connectivity index (χ4v) is 1.37. The van der Waals surface area contributed by atoms with Crippen LogP contribution in [0, 0.1) is 10.8 Å². The fraction of sp³-hybridized carbons (Fsp3) is 0.182. The topological polar surface area (TPSA) is 88.8 Å². The van der Waals surface area contributed by atoms with E-state index in [-0.39, 0.29) is 11.9 Å². The number of H-pyrrole nitrogens is 1. The lowest BCUT2D eigenvalue weighted by Gasteiger charge is -2.13. The highest BCUT2D eigenvalue weighted by atomic mass is 16.5. The van der Waals surface area contributed by atoms with Crippen molar-refractivity contribution in [3.63, 3.8) is 0 Å². The molecule has 17 heavy (non-hydrogen) atoms. The van der Waals surface area contributed by atoms with Crippen LogP contribution in [0.5, 0.6) is 0 Å². The van der Waals surface area contributed by atoms with Gasteiger partial charge >= 0.3 is 0 Å². The van der Waals surface area contributed by atoms with Crippen molar-refractivity contribution in [3.8, 4) is 0 Å². The maximum Gasteiger partial charge on any atom is 0.290 e. The SMILES string of the molecule is CN(C)C(=N)OC(=N)c1n[nH]c2ccccc12. The molecule has 3 N–H and O–H groups in total. The van der Waals surface area contributed by atoms with Gasteiger partial charge in [-0.15, -0.1) is 0 Å². The monoisotopic (exact) mass is 231 g/mol. The number of amidine groups is 1. The van der Waals surface area contributed by atoms with Gasteiger partial charge in [0.25, 0.3) is 6.02 Å². The maximum atomic E-state index is 7.78. The third kappa shape index (κ3) is 2.10. The maximum absolute atomic E-state index is 7.78. The molecule has 0 aliphatic rings. The van der Waals surface area contributed by atoms with Crippen LogP contribution >= 0.6 is 0 Å². The van der Waals surface area contributed by atoms with Crippen molar-refractivity contribution >= 4 is 22.8 Å². The lowest BCUT2D eigenvalue weighted by Crippen LogP contribution is -2.26. The molecule has 0 unspecified atom stereocenters. The van der Waals surface area contributed by atoms with Gasteiger partial charge in [-0.25, -0.2) is 0 Å². The van der Waals surface area contributed by atoms with E-state index in [0.29, 0.717) is 5.69 Å². The standard InChI is InChI=1S/C11H13N5O/c1-16(2)11(13)17-10(12)9-7-5-3-4-6-8(7)14-15-9/h3-6,12-13H,1-2H3,(H,14,15). The molecule has 2 rings (SSSR count). The highest BCUT2D eigenvalue weighted by Gasteiger charge is 2.14. The Morgan fingerprint density at radius 3 is 2.71 bits per heavy atom. The Hall–Kier alpha value is -2.37. The second-order valence-electron chi connectivity index (χ2n) is 3.75. The van der Waals surface area contributed by atoms with Gasteiger partial charge in [-0.2, -0.15) is 5.10 Å². The Morgan fingerprint density at radius 1 is 1.29 bits per heavy atom. The van der Waals surface area contributed by atoms with Crippen LogP contribution in [0.25, 0.3) is 10.9 Å². The summed E-state index contributed by atoms with van der Waals surface area (Å²) in [6, 6.07) is 7.38. The molecule has 1 aromatic carbocycles. The fourth-order valence-electron chi connectivity index (χ4n) is 1.37. The first-order valence-corrected chi connectivity index (χ1v) is 5.05. The van der Waals surface area contributed by atoms with Gasteiger partial charge in [-0.1, -0.05) is 18.2 Å². The second-order valence-corrected chi connectivity index (χ2v) is 3.75. The van der Waals surface area contributed by atoms with E-state index in [1.165, 1.54) is 4.90 Å². The van der Waals surface area contributed by atoms with Crippen molar-refractivity contribution in [2.45, 2.75) is 0 Å². The predicted molar refractivity (Wildman–Crippen MR) is 65.4 cm³/mol. The van der Waals surface area contributed by atoms with Crippen molar-refractivity contribution in [2.75, 3.05) is 14.1 Å². The van der Waals surface area contributed by atoms with Gasteiger partial charge in [0.15, 0.2) is 5.69 Å². The quantitative estimate of drug-likeness (QED) is 0.512. The number of hydrogen-bond donors (Lipinski definition) is 3. The largest absolute Gasteiger partial charge is 0.405 e. The Bertz CT molecular complexity index is 572. The van der Waals surface area contributed by atoms with Gasteiger partial charge < -0.3 is 9.64 Å². The van der Waals surface area contributed by atoms with Crippen LogP contribution in [0.1, 0.15) is 5.69 Å². The van der Waals surface area contributed by atoms with Crippen molar-refractivity contribution in [2.24, 2.45) is 0 Å². The number of aromatic nitrogens is 2. The highest BCUT2D eigenvalue weighted by Crippen LogP contribution is 2.15. The summed E-state index contributed by atoms with van der Waals surface area (Å²) in [4.78, 5) is 1.48. The molecule has 88 valence electrons. The first-order chi connectivity index (χ1) is 8.09. The van der Waals surface area contributed by atoms with Crippen LogP contribution in [0.15, 0.2) is 24.3 Å². The molecule has 2 aromatic rings. The number of benzene rings is 1. The third-order valence-electron chi connectivity index (χ3n) is 2.29. The van der Waals surface area contributed by atoms with Gasteiger partial charge in [0.05, 0.1) is 5.52 Å². The summed E-state index contributed by atoms with van der Waals surface area (Å²) in [5, 5.41) is 22.9. The van der Waals surface area contributed by atoms with E-state index in [0.717, 1.165) is 10.9 Å². The van der Waals surface area contributed by atoms with E-state index in [1.54, 1.807) is 14.1 Å². The zero-order chi connectivity index (χ0) is 12.4. The van der Waals surface area contributed by atoms with Crippen LogP contribution in [0.4, 0.5) is 0 Å². The summed E-state index contributed by atoms with van der Waals surface area (Å²) < 4.78 is 5.07. The number of aromatic amines is 1. The summed E-state index contributed by atoms with van der Waals surface area (Å²) in [5.74, 6) is -0.138. The Balaban J connectivity index is 2.28. The van der Waals surface area contributed by atoms with Crippen molar-refractivity contribution < 1.29 is 4.74 Å². The molecular formula is C11H13N5O. The molecule has 0 atom stereocenters. The summed E-state index contributed by atoms with van der Waals surface area (Å²) in [6.45, 7) is 0. The predicted octanol–water partition coefficient (Wildman–Crippen LogP) is 1.40. The summed E-state index contributed by atoms with van der Waals surface area (Å²) in [5.41, 5.74) is 1.25. The molecule has 0 amide bonds. The first-order valence-electron chi connectivity index (χ1n) is 5.05. The molecule has 0 aliphatic heterocycles. The molecule has 1 aromatic heterocycles. The average Bonchev–Trinajstić information content (AvgIpc) is 2.72. The normalized spacial score (nSPS) is 10.2. The van der Waals surface area contributed by atoms with Gasteiger partial charge in [-0.05, 0) is 6.07 Å². The number of rotatable bonds is 1. The highest BCUT2D eigenvalue weighted by molar-refractivity contribution is 6.06. The van der Waals surface area contributed by atoms with Gasteiger partial charge in [-0.3, -0.25) is 15.9 Å². The van der Waals surface area contributed by atoms with Crippen molar-refractivity contribution in [1.29, 1.82) is 10.8 Å². The lowest BCUT2D eigenvalue weighted by molar-refractivity contribution is 0.416. The Labute approximate surface area is 98.2 Å². The average molecular weight is 231 g/mol. The van der Waals surface area contributed by atoms with E-state index in [9.17, 15) is 0 Å². The van der Waals surface area contributed by atoms with Crippen molar-refractivity contribution in [1.82, 2.24) is 15.1 Å². The zero-order valence-corrected chi connectivity index (χ0v) is 9.61. The van der Waals surface area contributed by atoms with Gasteiger partial charge in [0, 0.05) is 19.5 Å². The van der Waals surface area contributed by atoms with Gasteiger partial charge in [0.2, 0.25) is 5.90 Å². The first kappa shape index (κ1) is 11.1. The zero-order valence-electron chi connectivity index (χ0n) is 9.61. The Kier molecular flexibility index (Phi) is 2.78. The molecular weight excluding hydrogens is 218 g/mol. The van der Waals surface area contributed by atoms with E-state index in [2.05, 4.69) is 10.2 Å². The molecule has 6 nitrogen and oxygen atoms in total. The van der Waals surface area contributed by atoms with Gasteiger partial charge in [0.1, 0.15) is 0 Å². The number of ether oxygens (including phenoxy) is 1. The molecule has 0 fully saturated rings. The van der Waals surface area contributed by atoms with E-state index in [1.807, 2.05) is 24.3 Å². The molecule has 0 radical (unpaired) electrons. The lowest BCUT2D eigenvalue weighted by atomic mass is 10.2. The summed E-state index contributed by atoms with van der Waals surface area (Å²) in [6.07, 6.45) is 0. The molecule has 0 spiro atoms.